The van der Waals surface area contributed by atoms with E-state index in [0.29, 0.717) is 34.0 Å². The first-order chi connectivity index (χ1) is 18.7. The fourth-order valence-corrected chi connectivity index (χ4v) is 5.93. The number of nitrogens with zero attached hydrogens (tertiary/aromatic N) is 2. The first kappa shape index (κ1) is 27.4. The van der Waals surface area contributed by atoms with Crippen LogP contribution in [0, 0.1) is 11.2 Å². The lowest BCUT2D eigenvalue weighted by Gasteiger charge is -2.31. The van der Waals surface area contributed by atoms with Gasteiger partial charge in [0.25, 0.3) is 0 Å². The van der Waals surface area contributed by atoms with Crippen LogP contribution < -0.4 is 22.5 Å². The molecule has 4 aromatic rings. The molecular formula is C28H31ClFN7OS. The van der Waals surface area contributed by atoms with E-state index in [1.54, 1.807) is 25.3 Å². The first-order valence-electron chi connectivity index (χ1n) is 12.9. The fraction of sp³-hybridized carbons (Fsp3) is 0.321. The lowest BCUT2D eigenvalue weighted by molar-refractivity contribution is 0.320. The summed E-state index contributed by atoms with van der Waals surface area (Å²) in [5.41, 5.74) is 14.7. The summed E-state index contributed by atoms with van der Waals surface area (Å²) < 4.78 is 16.4. The van der Waals surface area contributed by atoms with Gasteiger partial charge in [-0.15, -0.1) is 0 Å². The SMILES string of the molecule is CC(N)c1cc(Cl)c(F)c(-c2cc3cn(-c4ccc([C@@H]5CCC[C@@H](CCSC(=N)N)N5)cc4)c(=O)nc3[nH]2)c1. The molecule has 0 bridgehead atoms. The molecule has 3 heterocycles. The molecule has 11 heteroatoms. The topological polar surface area (TPSA) is 139 Å². The van der Waals surface area contributed by atoms with E-state index in [9.17, 15) is 9.18 Å². The summed E-state index contributed by atoms with van der Waals surface area (Å²) in [4.78, 5) is 20.2. The zero-order valence-corrected chi connectivity index (χ0v) is 23.1. The molecule has 0 radical (unpaired) electrons. The van der Waals surface area contributed by atoms with Gasteiger partial charge in [-0.05, 0) is 67.6 Å². The average Bonchev–Trinajstić information content (AvgIpc) is 3.32. The number of amidine groups is 1. The lowest BCUT2D eigenvalue weighted by Crippen LogP contribution is -2.37. The molecule has 0 aliphatic carbocycles. The Morgan fingerprint density at radius 2 is 2.05 bits per heavy atom. The number of halogens is 2. The Labute approximate surface area is 234 Å². The van der Waals surface area contributed by atoms with Crippen molar-refractivity contribution in [1.29, 1.82) is 5.41 Å². The molecule has 1 unspecified atom stereocenters. The molecule has 8 nitrogen and oxygen atoms in total. The highest BCUT2D eigenvalue weighted by Crippen LogP contribution is 2.32. The number of H-pyrrole nitrogens is 1. The van der Waals surface area contributed by atoms with Crippen molar-refractivity contribution in [2.24, 2.45) is 11.5 Å². The molecule has 0 saturated carbocycles. The molecule has 0 spiro atoms. The molecule has 39 heavy (non-hydrogen) atoms. The van der Waals surface area contributed by atoms with E-state index in [0.717, 1.165) is 37.0 Å². The molecule has 5 rings (SSSR count). The predicted molar refractivity (Wildman–Crippen MR) is 157 cm³/mol. The number of benzene rings is 2. The van der Waals surface area contributed by atoms with E-state index in [2.05, 4.69) is 15.3 Å². The highest BCUT2D eigenvalue weighted by atomic mass is 35.5. The van der Waals surface area contributed by atoms with Crippen molar-refractivity contribution < 1.29 is 4.39 Å². The maximum Gasteiger partial charge on any atom is 0.354 e. The van der Waals surface area contributed by atoms with Crippen molar-refractivity contribution >= 4 is 39.6 Å². The number of hydrogen-bond donors (Lipinski definition) is 5. The van der Waals surface area contributed by atoms with Gasteiger partial charge >= 0.3 is 5.69 Å². The molecule has 7 N–H and O–H groups in total. The highest BCUT2D eigenvalue weighted by molar-refractivity contribution is 8.13. The Hall–Kier alpha value is -3.18. The van der Waals surface area contributed by atoms with Gasteiger partial charge in [0, 0.05) is 41.0 Å². The van der Waals surface area contributed by atoms with Crippen LogP contribution >= 0.6 is 23.4 Å². The molecular weight excluding hydrogens is 537 g/mol. The summed E-state index contributed by atoms with van der Waals surface area (Å²) in [6, 6.07) is 13.2. The Morgan fingerprint density at radius 1 is 1.28 bits per heavy atom. The van der Waals surface area contributed by atoms with Crippen LogP contribution in [0.25, 0.3) is 28.0 Å². The lowest BCUT2D eigenvalue weighted by atomic mass is 9.92. The number of nitrogens with one attached hydrogen (secondary N) is 3. The van der Waals surface area contributed by atoms with Crippen molar-refractivity contribution in [2.75, 3.05) is 5.75 Å². The third-order valence-electron chi connectivity index (χ3n) is 7.15. The molecule has 1 aliphatic rings. The molecule has 2 aromatic heterocycles. The minimum Gasteiger partial charge on any atom is -0.379 e. The molecule has 2 aromatic carbocycles. The number of fused-ring (bicyclic) bond motifs is 1. The second-order valence-corrected chi connectivity index (χ2v) is 11.5. The minimum absolute atomic E-state index is 0.0141. The smallest absolute Gasteiger partial charge is 0.354 e. The van der Waals surface area contributed by atoms with Gasteiger partial charge in [0.05, 0.1) is 16.4 Å². The first-order valence-corrected chi connectivity index (χ1v) is 14.3. The highest BCUT2D eigenvalue weighted by Gasteiger charge is 2.22. The number of aromatic nitrogens is 3. The molecule has 1 saturated heterocycles. The van der Waals surface area contributed by atoms with Crippen molar-refractivity contribution in [3.63, 3.8) is 0 Å². The molecule has 204 valence electrons. The summed E-state index contributed by atoms with van der Waals surface area (Å²) in [6.07, 6.45) is 5.95. The van der Waals surface area contributed by atoms with Crippen LogP contribution in [-0.4, -0.2) is 31.5 Å². The number of aromatic amines is 1. The molecule has 1 aliphatic heterocycles. The van der Waals surface area contributed by atoms with Crippen LogP contribution in [0.4, 0.5) is 4.39 Å². The van der Waals surface area contributed by atoms with Gasteiger partial charge in [-0.3, -0.25) is 9.98 Å². The number of rotatable bonds is 7. The van der Waals surface area contributed by atoms with Crippen LogP contribution in [0.3, 0.4) is 0 Å². The second kappa shape index (κ2) is 11.5. The van der Waals surface area contributed by atoms with Crippen LogP contribution in [0.1, 0.15) is 55.8 Å². The van der Waals surface area contributed by atoms with Gasteiger partial charge in [0.2, 0.25) is 0 Å². The third kappa shape index (κ3) is 6.04. The van der Waals surface area contributed by atoms with Crippen LogP contribution in [0.2, 0.25) is 5.02 Å². The van der Waals surface area contributed by atoms with Crippen LogP contribution in [0.15, 0.2) is 53.5 Å². The molecule has 1 fully saturated rings. The largest absolute Gasteiger partial charge is 0.379 e. The van der Waals surface area contributed by atoms with E-state index in [1.807, 2.05) is 24.3 Å². The maximum atomic E-state index is 14.9. The standard InChI is InChI=1S/C28H31ClFN7OS/c1-15(31)17-11-21(25(30)22(29)12-17)24-13-18-14-37(28(38)36-26(18)35-24)20-7-5-16(6-8-20)23-4-2-3-19(34-23)9-10-39-27(32)33/h5-8,11-15,19,23,34H,2-4,9-10,31H2,1H3,(H3,32,33)(H,35,36,38)/t15?,19-,23-/m0/s1. The fourth-order valence-electron chi connectivity index (χ4n) is 5.08. The van der Waals surface area contributed by atoms with Crippen molar-refractivity contribution in [3.05, 3.63) is 81.1 Å². The van der Waals surface area contributed by atoms with Crippen molar-refractivity contribution in [1.82, 2.24) is 19.9 Å². The summed E-state index contributed by atoms with van der Waals surface area (Å²) in [7, 11) is 0. The van der Waals surface area contributed by atoms with E-state index in [4.69, 9.17) is 28.5 Å². The monoisotopic (exact) mass is 567 g/mol. The number of nitrogens with two attached hydrogens (primary N) is 2. The van der Waals surface area contributed by atoms with Gasteiger partial charge < -0.3 is 21.8 Å². The average molecular weight is 568 g/mol. The zero-order valence-electron chi connectivity index (χ0n) is 21.5. The van der Waals surface area contributed by atoms with Gasteiger partial charge in [-0.1, -0.05) is 41.9 Å². The van der Waals surface area contributed by atoms with Gasteiger partial charge in [-0.25, -0.2) is 9.18 Å². The van der Waals surface area contributed by atoms with Crippen LogP contribution in [0.5, 0.6) is 0 Å². The number of piperidine rings is 1. The number of thioether (sulfide) groups is 1. The van der Waals surface area contributed by atoms with E-state index >= 15 is 0 Å². The normalized spacial score (nSPS) is 18.4. The summed E-state index contributed by atoms with van der Waals surface area (Å²) in [5.74, 6) is 0.268. The maximum absolute atomic E-state index is 14.9. The zero-order chi connectivity index (χ0) is 27.7. The summed E-state index contributed by atoms with van der Waals surface area (Å²) in [5, 5.41) is 11.9. The quantitative estimate of drug-likeness (QED) is 0.150. The Bertz CT molecular complexity index is 1570. The van der Waals surface area contributed by atoms with E-state index < -0.39 is 11.5 Å². The minimum atomic E-state index is -0.561. The van der Waals surface area contributed by atoms with E-state index in [-0.39, 0.29) is 27.8 Å². The van der Waals surface area contributed by atoms with Crippen molar-refractivity contribution in [2.45, 2.75) is 50.7 Å². The van der Waals surface area contributed by atoms with Gasteiger partial charge in [-0.2, -0.15) is 4.98 Å². The third-order valence-corrected chi connectivity index (χ3v) is 8.18. The second-order valence-electron chi connectivity index (χ2n) is 9.97. The summed E-state index contributed by atoms with van der Waals surface area (Å²) >= 11 is 7.50. The van der Waals surface area contributed by atoms with Crippen molar-refractivity contribution in [3.8, 4) is 16.9 Å². The Balaban J connectivity index is 1.38. The summed E-state index contributed by atoms with van der Waals surface area (Å²) in [6.45, 7) is 1.80. The molecule has 0 amide bonds. The van der Waals surface area contributed by atoms with Gasteiger partial charge in [0.1, 0.15) is 5.65 Å². The van der Waals surface area contributed by atoms with Crippen LogP contribution in [-0.2, 0) is 0 Å². The number of hydrogen-bond acceptors (Lipinski definition) is 6. The molecule has 3 atom stereocenters. The predicted octanol–water partition coefficient (Wildman–Crippen LogP) is 5.39. The Morgan fingerprint density at radius 3 is 2.77 bits per heavy atom. The van der Waals surface area contributed by atoms with E-state index in [1.165, 1.54) is 22.4 Å². The van der Waals surface area contributed by atoms with Gasteiger partial charge in [0.15, 0.2) is 11.0 Å². The Kier molecular flexibility index (Phi) is 8.08.